The maximum atomic E-state index is 2.45. The first-order valence-corrected chi connectivity index (χ1v) is 17.1. The molecule has 0 radical (unpaired) electrons. The fraction of sp³-hybridized carbons (Fsp3) is 0.0667. The van der Waals surface area contributed by atoms with Gasteiger partial charge in [0.15, 0.2) is 0 Å². The Kier molecular flexibility index (Phi) is 6.41. The minimum absolute atomic E-state index is 0.136. The number of benzene rings is 7. The van der Waals surface area contributed by atoms with Gasteiger partial charge in [-0.3, -0.25) is 0 Å². The third-order valence-corrected chi connectivity index (χ3v) is 11.0. The molecule has 7 aromatic carbocycles. The highest BCUT2D eigenvalue weighted by Gasteiger charge is 2.38. The summed E-state index contributed by atoms with van der Waals surface area (Å²) in [7, 11) is 0. The van der Waals surface area contributed by atoms with Crippen LogP contribution < -0.4 is 4.90 Å². The van der Waals surface area contributed by atoms with Crippen LogP contribution in [0.4, 0.5) is 17.1 Å². The first-order chi connectivity index (χ1) is 23.1. The van der Waals surface area contributed by atoms with E-state index in [9.17, 15) is 0 Å². The smallest absolute Gasteiger partial charge is 0.0508 e. The molecule has 0 spiro atoms. The van der Waals surface area contributed by atoms with E-state index in [0.29, 0.717) is 0 Å². The molecule has 47 heavy (non-hydrogen) atoms. The van der Waals surface area contributed by atoms with Crippen molar-refractivity contribution in [1.82, 2.24) is 0 Å². The molecule has 1 aromatic heterocycles. The molecule has 0 N–H and O–H groups in total. The van der Waals surface area contributed by atoms with Crippen LogP contribution in [0.3, 0.4) is 0 Å². The average Bonchev–Trinajstić information content (AvgIpc) is 3.61. The van der Waals surface area contributed by atoms with Crippen molar-refractivity contribution in [1.29, 1.82) is 0 Å². The van der Waals surface area contributed by atoms with Crippen LogP contribution in [-0.4, -0.2) is 0 Å². The molecular formula is C45H33NS. The lowest BCUT2D eigenvalue weighted by Crippen LogP contribution is -2.20. The van der Waals surface area contributed by atoms with E-state index in [1.54, 1.807) is 0 Å². The second-order valence-corrected chi connectivity index (χ2v) is 14.1. The highest BCUT2D eigenvalue weighted by molar-refractivity contribution is 7.25. The van der Waals surface area contributed by atoms with E-state index in [-0.39, 0.29) is 5.41 Å². The summed E-state index contributed by atoms with van der Waals surface area (Å²) in [6.07, 6.45) is 0. The van der Waals surface area contributed by atoms with E-state index in [0.717, 1.165) is 11.4 Å². The number of hydrogen-bond donors (Lipinski definition) is 0. The lowest BCUT2D eigenvalue weighted by atomic mass is 9.81. The Bertz CT molecular complexity index is 2410. The first kappa shape index (κ1) is 27.8. The molecule has 8 aromatic rings. The third-order valence-electron chi connectivity index (χ3n) is 9.87. The van der Waals surface area contributed by atoms with Gasteiger partial charge in [-0.25, -0.2) is 0 Å². The molecule has 0 amide bonds. The average molecular weight is 620 g/mol. The van der Waals surface area contributed by atoms with Gasteiger partial charge >= 0.3 is 0 Å². The van der Waals surface area contributed by atoms with Crippen LogP contribution >= 0.6 is 11.3 Å². The Morgan fingerprint density at radius 2 is 1.02 bits per heavy atom. The van der Waals surface area contributed by atoms with Crippen LogP contribution in [0.25, 0.3) is 53.6 Å². The molecule has 0 fully saturated rings. The van der Waals surface area contributed by atoms with Crippen molar-refractivity contribution in [2.24, 2.45) is 0 Å². The fourth-order valence-corrected chi connectivity index (χ4v) is 8.66. The van der Waals surface area contributed by atoms with Gasteiger partial charge in [0, 0.05) is 37.0 Å². The van der Waals surface area contributed by atoms with Gasteiger partial charge in [0.25, 0.3) is 0 Å². The first-order valence-electron chi connectivity index (χ1n) is 16.3. The van der Waals surface area contributed by atoms with E-state index in [1.165, 1.54) is 70.4 Å². The zero-order valence-electron chi connectivity index (χ0n) is 26.4. The number of nitrogens with zero attached hydrogens (tertiary/aromatic N) is 1. The van der Waals surface area contributed by atoms with Gasteiger partial charge in [0.1, 0.15) is 0 Å². The summed E-state index contributed by atoms with van der Waals surface area (Å²) in [5.74, 6) is 0. The Morgan fingerprint density at radius 3 is 1.79 bits per heavy atom. The number of anilines is 3. The van der Waals surface area contributed by atoms with Crippen molar-refractivity contribution in [2.75, 3.05) is 4.90 Å². The molecule has 0 saturated heterocycles. The Hall–Kier alpha value is -5.44. The van der Waals surface area contributed by atoms with Gasteiger partial charge in [-0.15, -0.1) is 11.3 Å². The van der Waals surface area contributed by atoms with Crippen molar-refractivity contribution in [3.8, 4) is 33.4 Å². The number of rotatable bonds is 5. The summed E-state index contributed by atoms with van der Waals surface area (Å²) in [5.41, 5.74) is 13.7. The number of thiophene rings is 1. The van der Waals surface area contributed by atoms with E-state index < -0.39 is 0 Å². The predicted octanol–water partition coefficient (Wildman–Crippen LogP) is 13.2. The monoisotopic (exact) mass is 619 g/mol. The zero-order valence-corrected chi connectivity index (χ0v) is 27.3. The van der Waals surface area contributed by atoms with Crippen LogP contribution in [0.15, 0.2) is 164 Å². The van der Waals surface area contributed by atoms with Crippen molar-refractivity contribution < 1.29 is 0 Å². The van der Waals surface area contributed by atoms with Crippen molar-refractivity contribution >= 4 is 48.6 Å². The lowest BCUT2D eigenvalue weighted by molar-refractivity contribution is 0.661. The molecule has 0 aliphatic heterocycles. The van der Waals surface area contributed by atoms with Crippen LogP contribution in [0.1, 0.15) is 25.0 Å². The molecule has 0 atom stereocenters. The van der Waals surface area contributed by atoms with Gasteiger partial charge in [-0.05, 0) is 93.0 Å². The maximum Gasteiger partial charge on any atom is 0.0508 e. The molecule has 1 aliphatic rings. The molecule has 2 heteroatoms. The Labute approximate surface area is 280 Å². The maximum absolute atomic E-state index is 2.45. The van der Waals surface area contributed by atoms with Crippen LogP contribution in [-0.2, 0) is 5.41 Å². The summed E-state index contributed by atoms with van der Waals surface area (Å²) < 4.78 is 2.67. The van der Waals surface area contributed by atoms with Crippen molar-refractivity contribution in [3.63, 3.8) is 0 Å². The second kappa shape index (κ2) is 10.8. The van der Waals surface area contributed by atoms with Gasteiger partial charge in [0.2, 0.25) is 0 Å². The molecule has 9 rings (SSSR count). The van der Waals surface area contributed by atoms with Crippen LogP contribution in [0, 0.1) is 0 Å². The molecule has 1 heterocycles. The van der Waals surface area contributed by atoms with Crippen LogP contribution in [0.2, 0.25) is 0 Å². The van der Waals surface area contributed by atoms with Crippen molar-refractivity contribution in [2.45, 2.75) is 19.3 Å². The SMILES string of the molecule is CC1(C)c2ccccc2-c2cccc(N(c3ccc(-c4ccccc4)cc3)c3ccc(-c4ccc5sc6ccccc6c5c4)cc3)c21. The highest BCUT2D eigenvalue weighted by atomic mass is 32.1. The minimum Gasteiger partial charge on any atom is -0.310 e. The van der Waals surface area contributed by atoms with Gasteiger partial charge in [-0.1, -0.05) is 129 Å². The predicted molar refractivity (Wildman–Crippen MR) is 202 cm³/mol. The van der Waals surface area contributed by atoms with E-state index in [1.807, 2.05) is 11.3 Å². The molecule has 1 aliphatic carbocycles. The Balaban J connectivity index is 1.18. The Morgan fingerprint density at radius 1 is 0.447 bits per heavy atom. The van der Waals surface area contributed by atoms with E-state index >= 15 is 0 Å². The normalized spacial score (nSPS) is 13.1. The molecule has 224 valence electrons. The topological polar surface area (TPSA) is 3.24 Å². The van der Waals surface area contributed by atoms with E-state index in [4.69, 9.17) is 0 Å². The quantitative estimate of drug-likeness (QED) is 0.185. The summed E-state index contributed by atoms with van der Waals surface area (Å²) in [5, 5.41) is 2.66. The zero-order chi connectivity index (χ0) is 31.5. The van der Waals surface area contributed by atoms with Crippen molar-refractivity contribution in [3.05, 3.63) is 175 Å². The highest BCUT2D eigenvalue weighted by Crippen LogP contribution is 2.54. The summed E-state index contributed by atoms with van der Waals surface area (Å²) >= 11 is 1.86. The second-order valence-electron chi connectivity index (χ2n) is 13.0. The standard InChI is InChI=1S/C45H33NS/c1-45(2)40-16-8-6-13-36(40)38-15-10-17-41(44(38)45)46(34-24-19-31(20-25-34)30-11-4-3-5-12-30)35-26-21-32(22-27-35)33-23-28-43-39(29-33)37-14-7-9-18-42(37)47-43/h3-29H,1-2H3. The number of fused-ring (bicyclic) bond motifs is 6. The molecular weight excluding hydrogens is 587 g/mol. The summed E-state index contributed by atoms with van der Waals surface area (Å²) in [6, 6.07) is 60.0. The fourth-order valence-electron chi connectivity index (χ4n) is 7.57. The molecule has 0 unspecified atom stereocenters. The summed E-state index contributed by atoms with van der Waals surface area (Å²) in [4.78, 5) is 2.45. The lowest BCUT2D eigenvalue weighted by Gasteiger charge is -2.32. The van der Waals surface area contributed by atoms with E-state index in [2.05, 4.69) is 183 Å². The van der Waals surface area contributed by atoms with Gasteiger partial charge < -0.3 is 4.90 Å². The largest absolute Gasteiger partial charge is 0.310 e. The van der Waals surface area contributed by atoms with Gasteiger partial charge in [-0.2, -0.15) is 0 Å². The number of hydrogen-bond acceptors (Lipinski definition) is 2. The van der Waals surface area contributed by atoms with Gasteiger partial charge in [0.05, 0.1) is 5.69 Å². The molecule has 0 saturated carbocycles. The minimum atomic E-state index is -0.136. The molecule has 1 nitrogen and oxygen atoms in total. The summed E-state index contributed by atoms with van der Waals surface area (Å²) in [6.45, 7) is 4.73. The van der Waals surface area contributed by atoms with Crippen LogP contribution in [0.5, 0.6) is 0 Å². The molecule has 0 bridgehead atoms. The third kappa shape index (κ3) is 4.52.